The van der Waals surface area contributed by atoms with Gasteiger partial charge in [-0.05, 0) is 17.5 Å². The summed E-state index contributed by atoms with van der Waals surface area (Å²) in [6.07, 6.45) is 1.02. The van der Waals surface area contributed by atoms with E-state index in [9.17, 15) is 4.79 Å². The Balaban J connectivity index is 2.03. The van der Waals surface area contributed by atoms with E-state index in [4.69, 9.17) is 9.84 Å². The molecule has 1 N–H and O–H groups in total. The number of hydrogen-bond acceptors (Lipinski definition) is 3. The van der Waals surface area contributed by atoms with Crippen LogP contribution in [0.2, 0.25) is 0 Å². The summed E-state index contributed by atoms with van der Waals surface area (Å²) in [5.74, 6) is -0.806. The van der Waals surface area contributed by atoms with Crippen molar-refractivity contribution >= 4 is 5.97 Å². The van der Waals surface area contributed by atoms with Crippen LogP contribution in [0, 0.1) is 0 Å². The number of carbonyl (C=O) groups is 1. The second-order valence-electron chi connectivity index (χ2n) is 4.57. The van der Waals surface area contributed by atoms with Crippen LogP contribution in [0.4, 0.5) is 0 Å². The number of carboxylic acid groups (broad SMARTS) is 1. The van der Waals surface area contributed by atoms with E-state index in [1.807, 2.05) is 4.90 Å². The van der Waals surface area contributed by atoms with Crippen LogP contribution in [-0.2, 0) is 22.5 Å². The van der Waals surface area contributed by atoms with Gasteiger partial charge in [-0.15, -0.1) is 0 Å². The number of aryl methyl sites for hydroxylation is 1. The Morgan fingerprint density at radius 3 is 2.67 bits per heavy atom. The van der Waals surface area contributed by atoms with Crippen LogP contribution in [0.15, 0.2) is 24.3 Å². The summed E-state index contributed by atoms with van der Waals surface area (Å²) in [5.41, 5.74) is 2.45. The van der Waals surface area contributed by atoms with Gasteiger partial charge in [0.2, 0.25) is 0 Å². The highest BCUT2D eigenvalue weighted by Crippen LogP contribution is 2.13. The molecule has 1 heterocycles. The van der Waals surface area contributed by atoms with Gasteiger partial charge in [-0.3, -0.25) is 9.69 Å². The molecule has 1 aromatic carbocycles. The number of hydrogen-bond donors (Lipinski definition) is 1. The van der Waals surface area contributed by atoms with Crippen molar-refractivity contribution in [2.24, 2.45) is 0 Å². The lowest BCUT2D eigenvalue weighted by atomic mass is 10.1. The first-order valence-corrected chi connectivity index (χ1v) is 6.33. The predicted molar refractivity (Wildman–Crippen MR) is 68.5 cm³/mol. The SMILES string of the molecule is CCc1ccc(CN2CCOCC2C(=O)O)cc1. The molecule has 0 bridgehead atoms. The first-order valence-electron chi connectivity index (χ1n) is 6.33. The predicted octanol–water partition coefficient (Wildman–Crippen LogP) is 1.53. The van der Waals surface area contributed by atoms with E-state index >= 15 is 0 Å². The van der Waals surface area contributed by atoms with Gasteiger partial charge in [0.25, 0.3) is 0 Å². The molecule has 1 atom stereocenters. The van der Waals surface area contributed by atoms with Gasteiger partial charge in [0.05, 0.1) is 13.2 Å². The fraction of sp³-hybridized carbons (Fsp3) is 0.500. The number of ether oxygens (including phenoxy) is 1. The van der Waals surface area contributed by atoms with Gasteiger partial charge in [-0.1, -0.05) is 31.2 Å². The number of carboxylic acids is 1. The summed E-state index contributed by atoms with van der Waals surface area (Å²) in [5, 5.41) is 9.15. The van der Waals surface area contributed by atoms with Crippen molar-refractivity contribution in [1.82, 2.24) is 4.90 Å². The quantitative estimate of drug-likeness (QED) is 0.879. The maximum Gasteiger partial charge on any atom is 0.323 e. The lowest BCUT2D eigenvalue weighted by molar-refractivity contribution is -0.150. The standard InChI is InChI=1S/C14H19NO3/c1-2-11-3-5-12(6-4-11)9-15-7-8-18-10-13(15)14(16)17/h3-6,13H,2,7-10H2,1H3,(H,16,17). The highest BCUT2D eigenvalue weighted by atomic mass is 16.5. The Labute approximate surface area is 107 Å². The van der Waals surface area contributed by atoms with Gasteiger partial charge in [-0.2, -0.15) is 0 Å². The van der Waals surface area contributed by atoms with Gasteiger partial charge in [0.1, 0.15) is 6.04 Å². The van der Waals surface area contributed by atoms with Crippen LogP contribution < -0.4 is 0 Å². The molecule has 0 saturated carbocycles. The Bertz CT molecular complexity index is 402. The molecule has 0 spiro atoms. The summed E-state index contributed by atoms with van der Waals surface area (Å²) >= 11 is 0. The van der Waals surface area contributed by atoms with Gasteiger partial charge < -0.3 is 9.84 Å². The third-order valence-corrected chi connectivity index (χ3v) is 3.34. The topological polar surface area (TPSA) is 49.8 Å². The number of rotatable bonds is 4. The van der Waals surface area contributed by atoms with E-state index in [-0.39, 0.29) is 6.61 Å². The first kappa shape index (κ1) is 13.1. The van der Waals surface area contributed by atoms with Crippen LogP contribution in [0.25, 0.3) is 0 Å². The van der Waals surface area contributed by atoms with Crippen LogP contribution >= 0.6 is 0 Å². The van der Waals surface area contributed by atoms with Gasteiger partial charge in [0.15, 0.2) is 0 Å². The zero-order chi connectivity index (χ0) is 13.0. The Kier molecular flexibility index (Phi) is 4.33. The number of nitrogens with zero attached hydrogens (tertiary/aromatic N) is 1. The molecule has 1 aliphatic heterocycles. The minimum atomic E-state index is -0.806. The summed E-state index contributed by atoms with van der Waals surface area (Å²) < 4.78 is 5.23. The van der Waals surface area contributed by atoms with Crippen molar-refractivity contribution in [3.63, 3.8) is 0 Å². The van der Waals surface area contributed by atoms with Crippen molar-refractivity contribution in [3.05, 3.63) is 35.4 Å². The molecule has 1 fully saturated rings. The lowest BCUT2D eigenvalue weighted by Gasteiger charge is -2.32. The molecule has 18 heavy (non-hydrogen) atoms. The summed E-state index contributed by atoms with van der Waals surface area (Å²) in [6.45, 7) is 4.35. The highest BCUT2D eigenvalue weighted by Gasteiger charge is 2.28. The average Bonchev–Trinajstić information content (AvgIpc) is 2.40. The van der Waals surface area contributed by atoms with Crippen molar-refractivity contribution in [2.45, 2.75) is 25.9 Å². The van der Waals surface area contributed by atoms with Crippen LogP contribution in [0.1, 0.15) is 18.1 Å². The van der Waals surface area contributed by atoms with E-state index in [1.54, 1.807) is 0 Å². The van der Waals surface area contributed by atoms with E-state index in [1.165, 1.54) is 5.56 Å². The van der Waals surface area contributed by atoms with E-state index in [2.05, 4.69) is 31.2 Å². The smallest absolute Gasteiger partial charge is 0.323 e. The van der Waals surface area contributed by atoms with Crippen LogP contribution in [0.5, 0.6) is 0 Å². The molecular weight excluding hydrogens is 230 g/mol. The van der Waals surface area contributed by atoms with Crippen molar-refractivity contribution in [1.29, 1.82) is 0 Å². The molecule has 2 rings (SSSR count). The Morgan fingerprint density at radius 1 is 1.39 bits per heavy atom. The maximum absolute atomic E-state index is 11.1. The minimum Gasteiger partial charge on any atom is -0.480 e. The Hall–Kier alpha value is -1.39. The summed E-state index contributed by atoms with van der Waals surface area (Å²) in [7, 11) is 0. The second kappa shape index (κ2) is 5.98. The molecule has 0 radical (unpaired) electrons. The second-order valence-corrected chi connectivity index (χ2v) is 4.57. The molecule has 1 unspecified atom stereocenters. The van der Waals surface area contributed by atoms with E-state index < -0.39 is 12.0 Å². The molecule has 1 saturated heterocycles. The van der Waals surface area contributed by atoms with Crippen molar-refractivity contribution in [2.75, 3.05) is 19.8 Å². The van der Waals surface area contributed by atoms with Crippen molar-refractivity contribution < 1.29 is 14.6 Å². The zero-order valence-electron chi connectivity index (χ0n) is 10.6. The van der Waals surface area contributed by atoms with Gasteiger partial charge in [0, 0.05) is 13.1 Å². The van der Waals surface area contributed by atoms with Crippen molar-refractivity contribution in [3.8, 4) is 0 Å². The van der Waals surface area contributed by atoms with Gasteiger partial charge >= 0.3 is 5.97 Å². The first-order chi connectivity index (χ1) is 8.70. The minimum absolute atomic E-state index is 0.280. The Morgan fingerprint density at radius 2 is 2.06 bits per heavy atom. The molecule has 0 aliphatic carbocycles. The monoisotopic (exact) mass is 249 g/mol. The van der Waals surface area contributed by atoms with E-state index in [0.29, 0.717) is 19.7 Å². The third-order valence-electron chi connectivity index (χ3n) is 3.34. The molecule has 1 aliphatic rings. The van der Waals surface area contributed by atoms with Crippen LogP contribution in [-0.4, -0.2) is 41.8 Å². The number of aliphatic carboxylic acids is 1. The third kappa shape index (κ3) is 3.09. The zero-order valence-corrected chi connectivity index (χ0v) is 10.6. The molecule has 0 aromatic heterocycles. The molecule has 98 valence electrons. The van der Waals surface area contributed by atoms with Crippen LogP contribution in [0.3, 0.4) is 0 Å². The molecule has 4 nitrogen and oxygen atoms in total. The molecular formula is C14H19NO3. The highest BCUT2D eigenvalue weighted by molar-refractivity contribution is 5.73. The lowest BCUT2D eigenvalue weighted by Crippen LogP contribution is -2.49. The largest absolute Gasteiger partial charge is 0.480 e. The summed E-state index contributed by atoms with van der Waals surface area (Å²) in [4.78, 5) is 13.1. The van der Waals surface area contributed by atoms with Gasteiger partial charge in [-0.25, -0.2) is 0 Å². The number of morpholine rings is 1. The fourth-order valence-corrected chi connectivity index (χ4v) is 2.17. The number of benzene rings is 1. The maximum atomic E-state index is 11.1. The molecule has 4 heteroatoms. The fourth-order valence-electron chi connectivity index (χ4n) is 2.17. The molecule has 1 aromatic rings. The normalized spacial score (nSPS) is 20.8. The average molecular weight is 249 g/mol. The molecule has 0 amide bonds. The van der Waals surface area contributed by atoms with E-state index in [0.717, 1.165) is 12.0 Å². The summed E-state index contributed by atoms with van der Waals surface area (Å²) in [6, 6.07) is 7.84.